The second-order valence-corrected chi connectivity index (χ2v) is 6.55. The Balaban J connectivity index is 2.11. The fourth-order valence-electron chi connectivity index (χ4n) is 2.45. The Hall–Kier alpha value is -0.610. The predicted octanol–water partition coefficient (Wildman–Crippen LogP) is 3.60. The van der Waals surface area contributed by atoms with Crippen LogP contribution in [0, 0.1) is 0 Å². The van der Waals surface area contributed by atoms with Crippen LogP contribution in [0.3, 0.4) is 0 Å². The van der Waals surface area contributed by atoms with Gasteiger partial charge in [-0.1, -0.05) is 0 Å². The van der Waals surface area contributed by atoms with E-state index in [0.29, 0.717) is 6.04 Å². The molecule has 1 atom stereocenters. The molecule has 1 aliphatic rings. The number of ether oxygens (including phenoxy) is 1. The van der Waals surface area contributed by atoms with Crippen LogP contribution >= 0.6 is 15.9 Å². The van der Waals surface area contributed by atoms with Crippen LogP contribution in [0.5, 0.6) is 0 Å². The van der Waals surface area contributed by atoms with Gasteiger partial charge in [-0.05, 0) is 62.2 Å². The van der Waals surface area contributed by atoms with E-state index in [4.69, 9.17) is 4.74 Å². The van der Waals surface area contributed by atoms with Gasteiger partial charge in [0.15, 0.2) is 0 Å². The average molecular weight is 299 g/mol. The molecule has 3 nitrogen and oxygen atoms in total. The van der Waals surface area contributed by atoms with Crippen LogP contribution in [-0.4, -0.2) is 22.2 Å². The summed E-state index contributed by atoms with van der Waals surface area (Å²) in [6.07, 6.45) is 2.83. The fraction of sp³-hybridized carbons (Fsp3) is 0.615. The molecular formula is C13H19BrN2O. The summed E-state index contributed by atoms with van der Waals surface area (Å²) < 4.78 is 6.90. The SMILES string of the molecule is CC1(C)CC(Nc2ccc(Br)nc2)C(C)(C)O1. The third-order valence-electron chi connectivity index (χ3n) is 3.14. The standard InChI is InChI=1S/C13H19BrN2O/c1-12(2)7-10(13(3,4)17-12)16-9-5-6-11(14)15-8-9/h5-6,8,10,16H,7H2,1-4H3. The zero-order chi connectivity index (χ0) is 12.7. The van der Waals surface area contributed by atoms with E-state index < -0.39 is 0 Å². The highest BCUT2D eigenvalue weighted by molar-refractivity contribution is 9.10. The van der Waals surface area contributed by atoms with Gasteiger partial charge in [-0.2, -0.15) is 0 Å². The smallest absolute Gasteiger partial charge is 0.106 e. The minimum Gasteiger partial charge on any atom is -0.378 e. The van der Waals surface area contributed by atoms with E-state index in [9.17, 15) is 0 Å². The van der Waals surface area contributed by atoms with Crippen LogP contribution < -0.4 is 5.32 Å². The second-order valence-electron chi connectivity index (χ2n) is 5.74. The summed E-state index contributed by atoms with van der Waals surface area (Å²) in [7, 11) is 0. The van der Waals surface area contributed by atoms with Crippen molar-refractivity contribution in [3.8, 4) is 0 Å². The monoisotopic (exact) mass is 298 g/mol. The van der Waals surface area contributed by atoms with E-state index in [0.717, 1.165) is 16.7 Å². The highest BCUT2D eigenvalue weighted by Crippen LogP contribution is 2.38. The lowest BCUT2D eigenvalue weighted by molar-refractivity contribution is -0.0662. The molecule has 0 saturated carbocycles. The molecule has 1 fully saturated rings. The first-order valence-electron chi connectivity index (χ1n) is 5.87. The second kappa shape index (κ2) is 4.25. The number of nitrogens with zero attached hydrogens (tertiary/aromatic N) is 1. The van der Waals surface area contributed by atoms with Gasteiger partial charge in [-0.25, -0.2) is 4.98 Å². The molecule has 0 radical (unpaired) electrons. The first-order chi connectivity index (χ1) is 7.78. The summed E-state index contributed by atoms with van der Waals surface area (Å²) in [5.74, 6) is 0. The van der Waals surface area contributed by atoms with Gasteiger partial charge in [0.2, 0.25) is 0 Å². The normalized spacial score (nSPS) is 25.8. The Labute approximate surface area is 111 Å². The number of hydrogen-bond acceptors (Lipinski definition) is 3. The minimum atomic E-state index is -0.156. The Kier molecular flexibility index (Phi) is 3.21. The van der Waals surface area contributed by atoms with Gasteiger partial charge in [0, 0.05) is 0 Å². The van der Waals surface area contributed by atoms with Gasteiger partial charge in [0.25, 0.3) is 0 Å². The largest absolute Gasteiger partial charge is 0.378 e. The molecule has 2 heterocycles. The summed E-state index contributed by atoms with van der Waals surface area (Å²) in [5, 5.41) is 3.51. The molecule has 1 N–H and O–H groups in total. The van der Waals surface area contributed by atoms with Crippen molar-refractivity contribution in [2.75, 3.05) is 5.32 Å². The van der Waals surface area contributed by atoms with Crippen molar-refractivity contribution in [2.24, 2.45) is 0 Å². The van der Waals surface area contributed by atoms with Crippen LogP contribution in [0.25, 0.3) is 0 Å². The van der Waals surface area contributed by atoms with Gasteiger partial charge in [-0.3, -0.25) is 0 Å². The fourth-order valence-corrected chi connectivity index (χ4v) is 2.68. The van der Waals surface area contributed by atoms with Gasteiger partial charge >= 0.3 is 0 Å². The lowest BCUT2D eigenvalue weighted by Gasteiger charge is -2.28. The zero-order valence-corrected chi connectivity index (χ0v) is 12.3. The third-order valence-corrected chi connectivity index (χ3v) is 3.61. The van der Waals surface area contributed by atoms with Crippen molar-refractivity contribution in [2.45, 2.75) is 51.4 Å². The van der Waals surface area contributed by atoms with Crippen molar-refractivity contribution in [1.82, 2.24) is 4.98 Å². The van der Waals surface area contributed by atoms with Crippen LogP contribution in [-0.2, 0) is 4.74 Å². The Bertz CT molecular complexity index is 400. The van der Waals surface area contributed by atoms with Crippen LogP contribution in [0.1, 0.15) is 34.1 Å². The summed E-state index contributed by atoms with van der Waals surface area (Å²) in [6.45, 7) is 8.53. The third kappa shape index (κ3) is 2.99. The molecular weight excluding hydrogens is 280 g/mol. The quantitative estimate of drug-likeness (QED) is 0.847. The lowest BCUT2D eigenvalue weighted by Crippen LogP contribution is -2.38. The van der Waals surface area contributed by atoms with Crippen molar-refractivity contribution < 1.29 is 4.74 Å². The van der Waals surface area contributed by atoms with E-state index in [1.165, 1.54) is 0 Å². The maximum atomic E-state index is 6.05. The molecule has 0 amide bonds. The molecule has 2 rings (SSSR count). The summed E-state index contributed by atoms with van der Waals surface area (Å²) in [6, 6.07) is 4.27. The van der Waals surface area contributed by atoms with Crippen LogP contribution in [0.15, 0.2) is 22.9 Å². The number of nitrogens with one attached hydrogen (secondary N) is 1. The van der Waals surface area contributed by atoms with Crippen molar-refractivity contribution in [1.29, 1.82) is 0 Å². The van der Waals surface area contributed by atoms with Gasteiger partial charge in [0.1, 0.15) is 4.60 Å². The molecule has 4 heteroatoms. The highest BCUT2D eigenvalue weighted by Gasteiger charge is 2.45. The maximum absolute atomic E-state index is 6.05. The topological polar surface area (TPSA) is 34.2 Å². The van der Waals surface area contributed by atoms with E-state index in [2.05, 4.69) is 53.9 Å². The van der Waals surface area contributed by atoms with Crippen molar-refractivity contribution in [3.63, 3.8) is 0 Å². The highest BCUT2D eigenvalue weighted by atomic mass is 79.9. The number of pyridine rings is 1. The van der Waals surface area contributed by atoms with Crippen molar-refractivity contribution in [3.05, 3.63) is 22.9 Å². The lowest BCUT2D eigenvalue weighted by atomic mass is 9.94. The van der Waals surface area contributed by atoms with Gasteiger partial charge < -0.3 is 10.1 Å². The Morgan fingerprint density at radius 1 is 1.35 bits per heavy atom. The number of halogens is 1. The Morgan fingerprint density at radius 3 is 2.53 bits per heavy atom. The van der Waals surface area contributed by atoms with Gasteiger partial charge in [-0.15, -0.1) is 0 Å². The van der Waals surface area contributed by atoms with E-state index >= 15 is 0 Å². The zero-order valence-electron chi connectivity index (χ0n) is 10.7. The molecule has 1 unspecified atom stereocenters. The maximum Gasteiger partial charge on any atom is 0.106 e. The van der Waals surface area contributed by atoms with Gasteiger partial charge in [0.05, 0.1) is 29.1 Å². The number of hydrogen-bond donors (Lipinski definition) is 1. The summed E-state index contributed by atoms with van der Waals surface area (Å²) >= 11 is 3.34. The molecule has 0 aliphatic carbocycles. The molecule has 1 aromatic rings. The first-order valence-corrected chi connectivity index (χ1v) is 6.66. The molecule has 1 aromatic heterocycles. The molecule has 1 saturated heterocycles. The van der Waals surface area contributed by atoms with Crippen LogP contribution in [0.2, 0.25) is 0 Å². The molecule has 1 aliphatic heterocycles. The van der Waals surface area contributed by atoms with E-state index in [1.54, 1.807) is 0 Å². The van der Waals surface area contributed by atoms with E-state index in [-0.39, 0.29) is 11.2 Å². The molecule has 0 aromatic carbocycles. The number of rotatable bonds is 2. The first kappa shape index (κ1) is 12.8. The number of aromatic nitrogens is 1. The minimum absolute atomic E-state index is 0.0655. The molecule has 94 valence electrons. The van der Waals surface area contributed by atoms with E-state index in [1.807, 2.05) is 18.3 Å². The summed E-state index contributed by atoms with van der Waals surface area (Å²) in [4.78, 5) is 4.22. The summed E-state index contributed by atoms with van der Waals surface area (Å²) in [5.41, 5.74) is 0.813. The number of anilines is 1. The van der Waals surface area contributed by atoms with Crippen molar-refractivity contribution >= 4 is 21.6 Å². The Morgan fingerprint density at radius 2 is 2.06 bits per heavy atom. The predicted molar refractivity (Wildman–Crippen MR) is 73.2 cm³/mol. The molecule has 17 heavy (non-hydrogen) atoms. The van der Waals surface area contributed by atoms with Crippen LogP contribution in [0.4, 0.5) is 5.69 Å². The average Bonchev–Trinajstić information content (AvgIpc) is 2.38. The molecule has 0 spiro atoms. The molecule has 0 bridgehead atoms.